The van der Waals surface area contributed by atoms with Gasteiger partial charge in [0.2, 0.25) is 0 Å². The van der Waals surface area contributed by atoms with Gasteiger partial charge in [-0.2, -0.15) is 0 Å². The van der Waals surface area contributed by atoms with E-state index in [-0.39, 0.29) is 5.48 Å². The monoisotopic (exact) mass is 212 g/mol. The lowest BCUT2D eigenvalue weighted by Crippen LogP contribution is -2.58. The molecule has 1 rings (SSSR count). The lowest BCUT2D eigenvalue weighted by molar-refractivity contribution is -0.294. The average Bonchev–Trinajstić information content (AvgIpc) is 2.15. The Morgan fingerprint density at radius 3 is 2.14 bits per heavy atom. The van der Waals surface area contributed by atoms with E-state index in [1.807, 2.05) is 0 Å². The van der Waals surface area contributed by atoms with E-state index in [2.05, 4.69) is 0 Å². The van der Waals surface area contributed by atoms with Crippen LogP contribution >= 0.6 is 0 Å². The van der Waals surface area contributed by atoms with Gasteiger partial charge in [0.05, 0.1) is 6.61 Å². The second-order valence-electron chi connectivity index (χ2n) is 2.93. The maximum absolute atomic E-state index is 9.28. The second-order valence-corrected chi connectivity index (χ2v) is 2.93. The van der Waals surface area contributed by atoms with Crippen molar-refractivity contribution in [2.45, 2.75) is 30.7 Å². The van der Waals surface area contributed by atoms with Gasteiger partial charge in [-0.1, -0.05) is 0 Å². The summed E-state index contributed by atoms with van der Waals surface area (Å²) in [6.07, 6.45) is -5.91. The molecule has 1 aliphatic heterocycles. The van der Waals surface area contributed by atoms with Gasteiger partial charge in [-0.05, 0) is 0 Å². The minimum Gasteiger partial charge on any atom is -0.412 e. The van der Waals surface area contributed by atoms with Gasteiger partial charge >= 0.3 is 0 Å². The molecule has 7 nitrogen and oxygen atoms in total. The van der Waals surface area contributed by atoms with E-state index in [0.717, 1.165) is 0 Å². The third-order valence-corrected chi connectivity index (χ3v) is 2.08. The van der Waals surface area contributed by atoms with Crippen LogP contribution < -0.4 is 0 Å². The summed E-state index contributed by atoms with van der Waals surface area (Å²) < 4.78 is 9.65. The van der Waals surface area contributed by atoms with Crippen LogP contribution in [0.4, 0.5) is 0 Å². The second kappa shape index (κ2) is 5.56. The lowest BCUT2D eigenvalue weighted by Gasteiger charge is -2.38. The Morgan fingerprint density at radius 2 is 1.71 bits per heavy atom. The van der Waals surface area contributed by atoms with Crippen LogP contribution in [0.25, 0.3) is 0 Å². The summed E-state index contributed by atoms with van der Waals surface area (Å²) in [5.41, 5.74) is 0. The highest BCUT2D eigenvalue weighted by Gasteiger charge is 2.43. The third kappa shape index (κ3) is 2.39. The van der Waals surface area contributed by atoms with Crippen LogP contribution in [-0.4, -0.2) is 70.3 Å². The molecule has 0 aromatic rings. The highest BCUT2D eigenvalue weighted by Crippen LogP contribution is 2.20. The number of hydrogen-bond donors (Lipinski definition) is 4. The van der Waals surface area contributed by atoms with Crippen LogP contribution in [-0.2, 0) is 9.47 Å². The molecule has 5 atom stereocenters. The molecule has 0 spiro atoms. The molecule has 0 radical (unpaired) electrons. The van der Waals surface area contributed by atoms with E-state index < -0.39 is 37.3 Å². The summed E-state index contributed by atoms with van der Waals surface area (Å²) in [6, 6.07) is 0. The van der Waals surface area contributed by atoms with Crippen LogP contribution in [0.3, 0.4) is 0 Å². The van der Waals surface area contributed by atoms with Gasteiger partial charge in [0.15, 0.2) is 6.29 Å². The fourth-order valence-corrected chi connectivity index (χ4v) is 1.26. The highest BCUT2D eigenvalue weighted by atomic mass is 16.7. The maximum Gasteiger partial charge on any atom is 0.186 e. The Hall–Kier alpha value is -0.280. The van der Waals surface area contributed by atoms with E-state index in [1.165, 1.54) is 7.11 Å². The Balaban J connectivity index is 0.00000169. The van der Waals surface area contributed by atoms with Crippen LogP contribution in [0.2, 0.25) is 0 Å². The number of methoxy groups -OCH3 is 1. The summed E-state index contributed by atoms with van der Waals surface area (Å²) >= 11 is 0. The molecule has 0 bridgehead atoms. The van der Waals surface area contributed by atoms with Crippen LogP contribution in [0.15, 0.2) is 0 Å². The van der Waals surface area contributed by atoms with Crippen molar-refractivity contribution in [3.63, 3.8) is 0 Å². The standard InChI is InChI=1S/C7H14O6.H2O/c1-12-7-6(11)5(10)4(9)3(2-8)13-7;/h3-11H,2H2,1H3;1H2/t3-,4-,5+,6-,7-;/m1./s1. The Kier molecular flexibility index (Phi) is 5.45. The molecule has 0 saturated carbocycles. The molecule has 0 aromatic heterocycles. The van der Waals surface area contributed by atoms with Crippen molar-refractivity contribution < 1.29 is 35.4 Å². The van der Waals surface area contributed by atoms with Gasteiger partial charge in [0.1, 0.15) is 24.4 Å². The van der Waals surface area contributed by atoms with E-state index in [1.54, 1.807) is 0 Å². The summed E-state index contributed by atoms with van der Waals surface area (Å²) in [4.78, 5) is 0. The first-order valence-electron chi connectivity index (χ1n) is 3.95. The molecule has 0 aromatic carbocycles. The van der Waals surface area contributed by atoms with Crippen molar-refractivity contribution in [2.24, 2.45) is 0 Å². The minimum atomic E-state index is -1.36. The highest BCUT2D eigenvalue weighted by molar-refractivity contribution is 4.88. The number of hydrogen-bond acceptors (Lipinski definition) is 6. The molecule has 86 valence electrons. The Morgan fingerprint density at radius 1 is 1.14 bits per heavy atom. The molecule has 0 aliphatic carbocycles. The van der Waals surface area contributed by atoms with Crippen molar-refractivity contribution >= 4 is 0 Å². The molecule has 1 saturated heterocycles. The molecule has 6 N–H and O–H groups in total. The SMILES string of the molecule is CO[C@@H]1O[C@H](CO)[C@@H](O)[C@H](O)[C@H]1O.O. The summed E-state index contributed by atoms with van der Waals surface area (Å²) in [5, 5.41) is 36.6. The zero-order valence-corrected chi connectivity index (χ0v) is 7.70. The zero-order chi connectivity index (χ0) is 10.0. The van der Waals surface area contributed by atoms with Crippen LogP contribution in [0, 0.1) is 0 Å². The predicted octanol–water partition coefficient (Wildman–Crippen LogP) is -3.39. The molecule has 0 amide bonds. The van der Waals surface area contributed by atoms with Crippen molar-refractivity contribution in [1.29, 1.82) is 0 Å². The van der Waals surface area contributed by atoms with Gasteiger partial charge in [-0.25, -0.2) is 0 Å². The fourth-order valence-electron chi connectivity index (χ4n) is 1.26. The van der Waals surface area contributed by atoms with Crippen LogP contribution in [0.5, 0.6) is 0 Å². The summed E-state index contributed by atoms with van der Waals surface area (Å²) in [5.74, 6) is 0. The van der Waals surface area contributed by atoms with Crippen molar-refractivity contribution in [2.75, 3.05) is 13.7 Å². The minimum absolute atomic E-state index is 0. The normalized spacial score (nSPS) is 43.1. The molecular weight excluding hydrogens is 196 g/mol. The van der Waals surface area contributed by atoms with Gasteiger partial charge in [-0.3, -0.25) is 0 Å². The zero-order valence-electron chi connectivity index (χ0n) is 7.70. The number of rotatable bonds is 2. The fraction of sp³-hybridized carbons (Fsp3) is 1.00. The first-order chi connectivity index (χ1) is 6.11. The topological polar surface area (TPSA) is 131 Å². The predicted molar refractivity (Wildman–Crippen MR) is 44.4 cm³/mol. The van der Waals surface area contributed by atoms with E-state index in [4.69, 9.17) is 14.6 Å². The first kappa shape index (κ1) is 13.7. The quantitative estimate of drug-likeness (QED) is 0.377. The molecule has 14 heavy (non-hydrogen) atoms. The number of aliphatic hydroxyl groups is 4. The maximum atomic E-state index is 9.28. The van der Waals surface area contributed by atoms with Crippen molar-refractivity contribution in [3.05, 3.63) is 0 Å². The van der Waals surface area contributed by atoms with Gasteiger partial charge < -0.3 is 35.4 Å². The third-order valence-electron chi connectivity index (χ3n) is 2.08. The van der Waals surface area contributed by atoms with Gasteiger partial charge in [0.25, 0.3) is 0 Å². The average molecular weight is 212 g/mol. The summed E-state index contributed by atoms with van der Waals surface area (Å²) in [7, 11) is 1.30. The van der Waals surface area contributed by atoms with E-state index >= 15 is 0 Å². The molecule has 1 aliphatic rings. The molecular formula is C7H16O7. The lowest BCUT2D eigenvalue weighted by atomic mass is 9.99. The largest absolute Gasteiger partial charge is 0.412 e. The number of aliphatic hydroxyl groups excluding tert-OH is 4. The van der Waals surface area contributed by atoms with Crippen molar-refractivity contribution in [3.8, 4) is 0 Å². The van der Waals surface area contributed by atoms with E-state index in [0.29, 0.717) is 0 Å². The molecule has 1 fully saturated rings. The smallest absolute Gasteiger partial charge is 0.186 e. The molecule has 0 unspecified atom stereocenters. The van der Waals surface area contributed by atoms with Crippen LogP contribution in [0.1, 0.15) is 0 Å². The molecule has 7 heteroatoms. The Bertz CT molecular complexity index is 144. The van der Waals surface area contributed by atoms with E-state index in [9.17, 15) is 15.3 Å². The van der Waals surface area contributed by atoms with Crippen molar-refractivity contribution in [1.82, 2.24) is 0 Å². The van der Waals surface area contributed by atoms with Gasteiger partial charge in [-0.15, -0.1) is 0 Å². The molecule has 1 heterocycles. The first-order valence-corrected chi connectivity index (χ1v) is 3.95. The summed E-state index contributed by atoms with van der Waals surface area (Å²) in [6.45, 7) is -0.440. The number of ether oxygens (including phenoxy) is 2. The van der Waals surface area contributed by atoms with Gasteiger partial charge in [0, 0.05) is 7.11 Å². The Labute approximate surface area is 80.8 Å².